The van der Waals surface area contributed by atoms with Crippen LogP contribution >= 0.6 is 0 Å². The first-order valence-corrected chi connectivity index (χ1v) is 9.24. The first kappa shape index (κ1) is 16.8. The summed E-state index contributed by atoms with van der Waals surface area (Å²) < 4.78 is 33.0. The highest BCUT2D eigenvalue weighted by molar-refractivity contribution is 7.92. The molecule has 1 aliphatic heterocycles. The molecule has 1 aliphatic rings. The summed E-state index contributed by atoms with van der Waals surface area (Å²) in [6.07, 6.45) is -0.305. The molecule has 1 N–H and O–H groups in total. The van der Waals surface area contributed by atoms with Gasteiger partial charge < -0.3 is 9.84 Å². The van der Waals surface area contributed by atoms with Crippen LogP contribution in [-0.4, -0.2) is 27.2 Å². The molecule has 0 radical (unpaired) electrons. The van der Waals surface area contributed by atoms with Crippen molar-refractivity contribution in [1.82, 2.24) is 0 Å². The minimum Gasteiger partial charge on any atom is -0.497 e. The first-order chi connectivity index (χ1) is 11.3. The van der Waals surface area contributed by atoms with Crippen molar-refractivity contribution in [2.45, 2.75) is 31.3 Å². The van der Waals surface area contributed by atoms with Gasteiger partial charge in [-0.05, 0) is 38.0 Å². The number of rotatable bonds is 3. The van der Waals surface area contributed by atoms with E-state index in [0.717, 1.165) is 5.56 Å². The molecule has 0 aromatic heterocycles. The summed E-state index contributed by atoms with van der Waals surface area (Å²) in [5.41, 5.74) is 2.82. The Balaban J connectivity index is 2.14. The van der Waals surface area contributed by atoms with E-state index in [1.54, 1.807) is 37.3 Å². The van der Waals surface area contributed by atoms with E-state index in [-0.39, 0.29) is 6.54 Å². The van der Waals surface area contributed by atoms with Crippen LogP contribution < -0.4 is 9.04 Å². The van der Waals surface area contributed by atoms with Crippen LogP contribution in [0.15, 0.2) is 41.3 Å². The molecule has 1 atom stereocenters. The number of nitrogens with zero attached hydrogens (tertiary/aromatic N) is 1. The molecule has 2 aromatic rings. The quantitative estimate of drug-likeness (QED) is 0.927. The highest BCUT2D eigenvalue weighted by Crippen LogP contribution is 2.39. The predicted molar refractivity (Wildman–Crippen MR) is 93.0 cm³/mol. The predicted octanol–water partition coefficient (Wildman–Crippen LogP) is 2.94. The van der Waals surface area contributed by atoms with Crippen molar-refractivity contribution >= 4 is 15.7 Å². The number of methoxy groups -OCH3 is 1. The monoisotopic (exact) mass is 347 g/mol. The molecule has 0 saturated heterocycles. The van der Waals surface area contributed by atoms with E-state index in [9.17, 15) is 13.5 Å². The van der Waals surface area contributed by atoms with E-state index >= 15 is 0 Å². The van der Waals surface area contributed by atoms with Crippen molar-refractivity contribution in [3.05, 3.63) is 53.1 Å². The molecule has 3 rings (SSSR count). The van der Waals surface area contributed by atoms with Gasteiger partial charge in [-0.2, -0.15) is 0 Å². The maximum absolute atomic E-state index is 13.2. The van der Waals surface area contributed by atoms with Gasteiger partial charge in [0.25, 0.3) is 10.0 Å². The number of ether oxygens (including phenoxy) is 1. The minimum atomic E-state index is -3.70. The lowest BCUT2D eigenvalue weighted by molar-refractivity contribution is 0.166. The van der Waals surface area contributed by atoms with Gasteiger partial charge in [0.1, 0.15) is 5.75 Å². The molecule has 1 heterocycles. The van der Waals surface area contributed by atoms with Gasteiger partial charge in [-0.15, -0.1) is 0 Å². The highest BCUT2D eigenvalue weighted by Gasteiger charge is 2.33. The summed E-state index contributed by atoms with van der Waals surface area (Å²) in [7, 11) is -2.17. The summed E-state index contributed by atoms with van der Waals surface area (Å²) in [6.45, 7) is 3.96. The Morgan fingerprint density at radius 1 is 1.17 bits per heavy atom. The maximum Gasteiger partial charge on any atom is 0.264 e. The van der Waals surface area contributed by atoms with E-state index in [1.165, 1.54) is 11.4 Å². The van der Waals surface area contributed by atoms with Crippen molar-refractivity contribution in [2.75, 3.05) is 18.0 Å². The van der Waals surface area contributed by atoms with Gasteiger partial charge in [0, 0.05) is 18.2 Å². The average molecular weight is 347 g/mol. The Morgan fingerprint density at radius 3 is 2.58 bits per heavy atom. The molecule has 0 amide bonds. The van der Waals surface area contributed by atoms with Gasteiger partial charge in [-0.3, -0.25) is 4.31 Å². The Kier molecular flexibility index (Phi) is 4.27. The number of anilines is 1. The smallest absolute Gasteiger partial charge is 0.264 e. The van der Waals surface area contributed by atoms with Crippen molar-refractivity contribution in [3.63, 3.8) is 0 Å². The van der Waals surface area contributed by atoms with Gasteiger partial charge in [0.05, 0.1) is 23.8 Å². The van der Waals surface area contributed by atoms with Crippen LogP contribution in [0.5, 0.6) is 5.75 Å². The number of aliphatic hydroxyl groups is 1. The van der Waals surface area contributed by atoms with E-state index in [1.807, 2.05) is 13.0 Å². The van der Waals surface area contributed by atoms with E-state index in [0.29, 0.717) is 33.9 Å². The van der Waals surface area contributed by atoms with Crippen LogP contribution in [0.25, 0.3) is 0 Å². The molecule has 128 valence electrons. The number of aliphatic hydroxyl groups excluding tert-OH is 1. The lowest BCUT2D eigenvalue weighted by Gasteiger charge is -2.33. The molecule has 0 saturated carbocycles. The topological polar surface area (TPSA) is 66.8 Å². The first-order valence-electron chi connectivity index (χ1n) is 7.80. The number of benzene rings is 2. The Hall–Kier alpha value is -2.05. The summed E-state index contributed by atoms with van der Waals surface area (Å²) in [4.78, 5) is 0.290. The van der Waals surface area contributed by atoms with Gasteiger partial charge in [0.2, 0.25) is 0 Å². The van der Waals surface area contributed by atoms with Crippen LogP contribution in [0, 0.1) is 13.8 Å². The number of sulfonamides is 1. The number of hydrogen-bond donors (Lipinski definition) is 1. The summed E-state index contributed by atoms with van der Waals surface area (Å²) in [5.74, 6) is 0.559. The van der Waals surface area contributed by atoms with Crippen molar-refractivity contribution in [3.8, 4) is 5.75 Å². The lowest BCUT2D eigenvalue weighted by atomic mass is 10.0. The summed E-state index contributed by atoms with van der Waals surface area (Å²) >= 11 is 0. The summed E-state index contributed by atoms with van der Waals surface area (Å²) in [6, 6.07) is 10.4. The molecular weight excluding hydrogens is 326 g/mol. The molecule has 0 spiro atoms. The molecule has 0 aliphatic carbocycles. The number of aryl methyl sites for hydroxylation is 2. The standard InChI is InChI=1S/C18H21NO4S/c1-12-4-7-18(13(2)10-12)24(21,22)19-9-8-17(20)15-6-5-14(23-3)11-16(15)19/h4-7,10-11,17,20H,8-9H2,1-3H3. The van der Waals surface area contributed by atoms with Crippen LogP contribution in [0.3, 0.4) is 0 Å². The van der Waals surface area contributed by atoms with Crippen molar-refractivity contribution in [1.29, 1.82) is 0 Å². The van der Waals surface area contributed by atoms with Gasteiger partial charge in [-0.1, -0.05) is 23.8 Å². The third kappa shape index (κ3) is 2.76. The zero-order chi connectivity index (χ0) is 17.5. The third-order valence-corrected chi connectivity index (χ3v) is 6.34. The molecule has 24 heavy (non-hydrogen) atoms. The Bertz CT molecular complexity index is 877. The Morgan fingerprint density at radius 2 is 1.92 bits per heavy atom. The molecule has 1 unspecified atom stereocenters. The Labute approximate surface area is 142 Å². The van der Waals surface area contributed by atoms with Crippen molar-refractivity contribution in [2.24, 2.45) is 0 Å². The largest absolute Gasteiger partial charge is 0.497 e. The van der Waals surface area contributed by atoms with Crippen LogP contribution in [0.1, 0.15) is 29.2 Å². The highest BCUT2D eigenvalue weighted by atomic mass is 32.2. The third-order valence-electron chi connectivity index (χ3n) is 4.37. The van der Waals surface area contributed by atoms with Crippen LogP contribution in [-0.2, 0) is 10.0 Å². The number of hydrogen-bond acceptors (Lipinski definition) is 4. The fourth-order valence-electron chi connectivity index (χ4n) is 3.12. The molecule has 0 fully saturated rings. The molecule has 6 heteroatoms. The van der Waals surface area contributed by atoms with Gasteiger partial charge in [0.15, 0.2) is 0 Å². The maximum atomic E-state index is 13.2. The molecular formula is C18H21NO4S. The zero-order valence-electron chi connectivity index (χ0n) is 14.0. The van der Waals surface area contributed by atoms with Crippen LogP contribution in [0.2, 0.25) is 0 Å². The second-order valence-corrected chi connectivity index (χ2v) is 7.91. The fourth-order valence-corrected chi connectivity index (χ4v) is 4.83. The summed E-state index contributed by atoms with van der Waals surface area (Å²) in [5, 5.41) is 10.2. The van der Waals surface area contributed by atoms with Gasteiger partial charge in [-0.25, -0.2) is 8.42 Å². The number of fused-ring (bicyclic) bond motifs is 1. The van der Waals surface area contributed by atoms with Gasteiger partial charge >= 0.3 is 0 Å². The minimum absolute atomic E-state index is 0.233. The van der Waals surface area contributed by atoms with Crippen molar-refractivity contribution < 1.29 is 18.3 Å². The normalized spacial score (nSPS) is 17.5. The fraction of sp³-hybridized carbons (Fsp3) is 0.333. The van der Waals surface area contributed by atoms with E-state index < -0.39 is 16.1 Å². The molecule has 2 aromatic carbocycles. The zero-order valence-corrected chi connectivity index (χ0v) is 14.8. The second kappa shape index (κ2) is 6.11. The average Bonchev–Trinajstić information content (AvgIpc) is 2.54. The van der Waals surface area contributed by atoms with E-state index in [2.05, 4.69) is 0 Å². The van der Waals surface area contributed by atoms with Crippen LogP contribution in [0.4, 0.5) is 5.69 Å². The van der Waals surface area contributed by atoms with E-state index in [4.69, 9.17) is 4.74 Å². The molecule has 0 bridgehead atoms. The lowest BCUT2D eigenvalue weighted by Crippen LogP contribution is -2.37. The SMILES string of the molecule is COc1ccc2c(c1)N(S(=O)(=O)c1ccc(C)cc1C)CCC2O. The second-order valence-electron chi connectivity index (χ2n) is 6.08. The molecule has 5 nitrogen and oxygen atoms in total.